The van der Waals surface area contributed by atoms with Gasteiger partial charge in [-0.1, -0.05) is 43.7 Å². The molecule has 0 radical (unpaired) electrons. The molecule has 0 aromatic heterocycles. The molecule has 2 aromatic carbocycles. The van der Waals surface area contributed by atoms with Crippen molar-refractivity contribution in [3.8, 4) is 0 Å². The Balaban J connectivity index is 1.76. The van der Waals surface area contributed by atoms with Crippen LogP contribution < -0.4 is 16.0 Å². The quantitative estimate of drug-likeness (QED) is 0.385. The van der Waals surface area contributed by atoms with E-state index in [1.807, 2.05) is 72.0 Å². The number of aryl methyl sites for hydroxylation is 2. The minimum atomic E-state index is -0.443. The van der Waals surface area contributed by atoms with Crippen LogP contribution >= 0.6 is 12.2 Å². The number of carbonyl (C=O) groups excluding carboxylic acids is 2. The highest BCUT2D eigenvalue weighted by Gasteiger charge is 2.33. The highest BCUT2D eigenvalue weighted by Crippen LogP contribution is 2.31. The fraction of sp³-hybridized carbons (Fsp3) is 0.346. The van der Waals surface area contributed by atoms with Gasteiger partial charge in [-0.3, -0.25) is 0 Å². The van der Waals surface area contributed by atoms with E-state index >= 15 is 0 Å². The Hall–Kier alpha value is -3.39. The molecule has 2 amide bonds. The fourth-order valence-electron chi connectivity index (χ4n) is 3.67. The van der Waals surface area contributed by atoms with Gasteiger partial charge in [0.2, 0.25) is 0 Å². The maximum Gasteiger partial charge on any atom is 0.338 e. The number of esters is 1. The van der Waals surface area contributed by atoms with Crippen LogP contribution in [0.15, 0.2) is 53.7 Å². The number of nitrogens with zero attached hydrogens (tertiary/aromatic N) is 1. The van der Waals surface area contributed by atoms with Crippen LogP contribution in [-0.4, -0.2) is 35.7 Å². The number of benzene rings is 2. The van der Waals surface area contributed by atoms with Gasteiger partial charge in [-0.15, -0.1) is 0 Å². The number of carbonyl (C=O) groups is 2. The summed E-state index contributed by atoms with van der Waals surface area (Å²) in [6, 6.07) is 12.4. The van der Waals surface area contributed by atoms with E-state index in [9.17, 15) is 9.59 Å². The first-order valence-electron chi connectivity index (χ1n) is 11.2. The average molecular weight is 481 g/mol. The Morgan fingerprint density at radius 3 is 2.38 bits per heavy atom. The number of rotatable bonds is 6. The summed E-state index contributed by atoms with van der Waals surface area (Å²) in [4.78, 5) is 27.2. The van der Waals surface area contributed by atoms with Crippen LogP contribution in [0.1, 0.15) is 43.5 Å². The molecule has 1 atom stereocenters. The zero-order valence-corrected chi connectivity index (χ0v) is 21.3. The molecule has 1 unspecified atom stereocenters. The van der Waals surface area contributed by atoms with Crippen molar-refractivity contribution in [2.45, 2.75) is 40.7 Å². The lowest BCUT2D eigenvalue weighted by Gasteiger charge is -2.35. The van der Waals surface area contributed by atoms with Crippen molar-refractivity contribution < 1.29 is 14.3 Å². The average Bonchev–Trinajstić information content (AvgIpc) is 2.78. The van der Waals surface area contributed by atoms with Gasteiger partial charge in [0.05, 0.1) is 18.2 Å². The first-order chi connectivity index (χ1) is 16.1. The zero-order valence-electron chi connectivity index (χ0n) is 20.5. The van der Waals surface area contributed by atoms with E-state index in [1.54, 1.807) is 17.0 Å². The van der Waals surface area contributed by atoms with Crippen molar-refractivity contribution in [3.05, 3.63) is 70.4 Å². The number of anilines is 2. The first-order valence-corrected chi connectivity index (χ1v) is 11.6. The van der Waals surface area contributed by atoms with E-state index in [2.05, 4.69) is 16.0 Å². The van der Waals surface area contributed by atoms with E-state index in [-0.39, 0.29) is 17.9 Å². The Labute approximate surface area is 206 Å². The molecule has 0 saturated carbocycles. The normalized spacial score (nSPS) is 15.8. The summed E-state index contributed by atoms with van der Waals surface area (Å²) >= 11 is 5.45. The van der Waals surface area contributed by atoms with Crippen molar-refractivity contribution in [1.29, 1.82) is 0 Å². The smallest absolute Gasteiger partial charge is 0.338 e. The van der Waals surface area contributed by atoms with Crippen LogP contribution in [0.25, 0.3) is 0 Å². The number of thiocarbonyl (C=S) groups is 1. The van der Waals surface area contributed by atoms with Crippen LogP contribution in [0.5, 0.6) is 0 Å². The van der Waals surface area contributed by atoms with E-state index in [4.69, 9.17) is 17.0 Å². The second-order valence-corrected chi connectivity index (χ2v) is 9.34. The van der Waals surface area contributed by atoms with Crippen LogP contribution in [0.3, 0.4) is 0 Å². The third-order valence-electron chi connectivity index (χ3n) is 5.65. The van der Waals surface area contributed by atoms with Gasteiger partial charge >= 0.3 is 12.0 Å². The lowest BCUT2D eigenvalue weighted by atomic mass is 9.95. The van der Waals surface area contributed by atoms with Crippen molar-refractivity contribution in [3.63, 3.8) is 0 Å². The molecule has 0 aliphatic carbocycles. The summed E-state index contributed by atoms with van der Waals surface area (Å²) in [5.41, 5.74) is 5.63. The number of nitrogens with one attached hydrogen (secondary N) is 3. The summed E-state index contributed by atoms with van der Waals surface area (Å²) in [7, 11) is 1.82. The molecule has 0 fully saturated rings. The molecule has 0 bridgehead atoms. The maximum absolute atomic E-state index is 12.9. The predicted octanol–water partition coefficient (Wildman–Crippen LogP) is 5.28. The molecule has 7 nitrogen and oxygen atoms in total. The highest BCUT2D eigenvalue weighted by atomic mass is 32.1. The number of ether oxygens (including phenoxy) is 1. The SMILES string of the molecule is CC1=C(C(=O)OCC(C)C)C(c2ccc(NC(=O)Nc3ccc(C)cc3C)cc2)NC(=S)N1C. The largest absolute Gasteiger partial charge is 0.462 e. The molecule has 0 saturated heterocycles. The van der Waals surface area contributed by atoms with E-state index in [0.717, 1.165) is 28.1 Å². The summed E-state index contributed by atoms with van der Waals surface area (Å²) in [6.07, 6.45) is 0. The Morgan fingerprint density at radius 1 is 1.09 bits per heavy atom. The van der Waals surface area contributed by atoms with Crippen molar-refractivity contribution in [1.82, 2.24) is 10.2 Å². The standard InChI is InChI=1S/C26H32N4O3S/c1-15(2)14-33-24(31)22-18(5)30(6)26(34)29-23(22)19-8-10-20(11-9-19)27-25(32)28-21-12-7-16(3)13-17(21)4/h7-13,15,23H,14H2,1-6H3,(H,29,34)(H2,27,28,32). The lowest BCUT2D eigenvalue weighted by molar-refractivity contribution is -0.140. The predicted molar refractivity (Wildman–Crippen MR) is 140 cm³/mol. The van der Waals surface area contributed by atoms with Crippen LogP contribution in [0.4, 0.5) is 16.2 Å². The van der Waals surface area contributed by atoms with Gasteiger partial charge in [0, 0.05) is 24.1 Å². The zero-order chi connectivity index (χ0) is 25.0. The van der Waals surface area contributed by atoms with Gasteiger partial charge in [-0.2, -0.15) is 0 Å². The lowest BCUT2D eigenvalue weighted by Crippen LogP contribution is -2.46. The first kappa shape index (κ1) is 25.2. The number of amides is 2. The van der Waals surface area contributed by atoms with E-state index < -0.39 is 6.04 Å². The molecule has 0 spiro atoms. The van der Waals surface area contributed by atoms with Crippen LogP contribution in [-0.2, 0) is 9.53 Å². The van der Waals surface area contributed by atoms with Gasteiger partial charge in [0.15, 0.2) is 5.11 Å². The molecule has 3 N–H and O–H groups in total. The number of allylic oxidation sites excluding steroid dienone is 1. The fourth-order valence-corrected chi connectivity index (χ4v) is 3.92. The monoisotopic (exact) mass is 480 g/mol. The summed E-state index contributed by atoms with van der Waals surface area (Å²) in [5.74, 6) is -0.132. The third kappa shape index (κ3) is 5.94. The summed E-state index contributed by atoms with van der Waals surface area (Å²) < 4.78 is 5.53. The second kappa shape index (κ2) is 10.7. The number of urea groups is 1. The number of hydrogen-bond donors (Lipinski definition) is 3. The molecule has 8 heteroatoms. The Kier molecular flexibility index (Phi) is 7.94. The van der Waals surface area contributed by atoms with Gasteiger partial charge in [-0.05, 0) is 68.2 Å². The van der Waals surface area contributed by atoms with Gasteiger partial charge in [-0.25, -0.2) is 9.59 Å². The summed E-state index contributed by atoms with van der Waals surface area (Å²) in [6.45, 7) is 10.2. The molecule has 180 valence electrons. The van der Waals surface area contributed by atoms with Gasteiger partial charge in [0.1, 0.15) is 0 Å². The molecule has 1 heterocycles. The van der Waals surface area contributed by atoms with Crippen molar-refractivity contribution in [2.24, 2.45) is 5.92 Å². The van der Waals surface area contributed by atoms with Crippen molar-refractivity contribution >= 4 is 40.7 Å². The minimum absolute atomic E-state index is 0.235. The Bertz CT molecular complexity index is 1130. The molecule has 1 aliphatic rings. The van der Waals surface area contributed by atoms with E-state index in [0.29, 0.717) is 23.0 Å². The molecule has 2 aromatic rings. The maximum atomic E-state index is 12.9. The molecule has 3 rings (SSSR count). The molecule has 34 heavy (non-hydrogen) atoms. The molecular weight excluding hydrogens is 448 g/mol. The molecule has 1 aliphatic heterocycles. The highest BCUT2D eigenvalue weighted by molar-refractivity contribution is 7.80. The topological polar surface area (TPSA) is 82.7 Å². The Morgan fingerprint density at radius 2 is 1.76 bits per heavy atom. The number of hydrogen-bond acceptors (Lipinski definition) is 4. The van der Waals surface area contributed by atoms with Crippen LogP contribution in [0.2, 0.25) is 0 Å². The second-order valence-electron chi connectivity index (χ2n) is 8.95. The summed E-state index contributed by atoms with van der Waals surface area (Å²) in [5, 5.41) is 9.48. The van der Waals surface area contributed by atoms with Crippen molar-refractivity contribution in [2.75, 3.05) is 24.3 Å². The van der Waals surface area contributed by atoms with Crippen LogP contribution in [0, 0.1) is 19.8 Å². The van der Waals surface area contributed by atoms with Gasteiger partial charge < -0.3 is 25.6 Å². The molecular formula is C26H32N4O3S. The van der Waals surface area contributed by atoms with Gasteiger partial charge in [0.25, 0.3) is 0 Å². The third-order valence-corrected chi connectivity index (χ3v) is 6.05. The minimum Gasteiger partial charge on any atom is -0.462 e. The van der Waals surface area contributed by atoms with E-state index in [1.165, 1.54) is 0 Å².